The zero-order valence-corrected chi connectivity index (χ0v) is 9.16. The van der Waals surface area contributed by atoms with E-state index in [2.05, 4.69) is 43.1 Å². The van der Waals surface area contributed by atoms with Crippen LogP contribution in [-0.2, 0) is 0 Å². The zero-order valence-electron chi connectivity index (χ0n) is 9.16. The van der Waals surface area contributed by atoms with Crippen LogP contribution in [0.2, 0.25) is 0 Å². The Balaban J connectivity index is 2.25. The van der Waals surface area contributed by atoms with Crippen LogP contribution in [0.25, 0.3) is 0 Å². The number of likely N-dealkylation sites (tertiary alicyclic amines) is 1. The van der Waals surface area contributed by atoms with Gasteiger partial charge in [-0.15, -0.1) is 0 Å². The fourth-order valence-electron chi connectivity index (χ4n) is 2.43. The predicted octanol–water partition coefficient (Wildman–Crippen LogP) is 3.15. The minimum absolute atomic E-state index is 0.657. The molecule has 1 atom stereocenters. The van der Waals surface area contributed by atoms with Crippen LogP contribution in [0.1, 0.15) is 36.4 Å². The van der Waals surface area contributed by atoms with Gasteiger partial charge < -0.3 is 0 Å². The molecule has 0 aromatic heterocycles. The van der Waals surface area contributed by atoms with Crippen LogP contribution in [0.3, 0.4) is 0 Å². The molecule has 1 heteroatoms. The van der Waals surface area contributed by atoms with Crippen molar-refractivity contribution >= 4 is 0 Å². The Morgan fingerprint density at radius 1 is 1.21 bits per heavy atom. The Bertz CT molecular complexity index is 306. The third-order valence-corrected chi connectivity index (χ3v) is 3.32. The van der Waals surface area contributed by atoms with Gasteiger partial charge in [0.1, 0.15) is 0 Å². The first-order valence-corrected chi connectivity index (χ1v) is 5.55. The van der Waals surface area contributed by atoms with Crippen molar-refractivity contribution < 1.29 is 0 Å². The monoisotopic (exact) mass is 189 g/mol. The van der Waals surface area contributed by atoms with E-state index in [1.165, 1.54) is 36.9 Å². The van der Waals surface area contributed by atoms with Gasteiger partial charge in [-0.2, -0.15) is 0 Å². The maximum absolute atomic E-state index is 2.49. The Labute approximate surface area is 86.7 Å². The standard InChI is InChI=1S/C13H19N/c1-11-7-3-4-8-12(11)13-9-5-6-10-14(13)2/h3-4,7-8,13H,5-6,9-10H2,1-2H3/t13-/m0/s1. The SMILES string of the molecule is Cc1ccccc1[C@@H]1CCCCN1C. The molecule has 2 rings (SSSR count). The highest BCUT2D eigenvalue weighted by molar-refractivity contribution is 5.28. The van der Waals surface area contributed by atoms with Crippen molar-refractivity contribution in [3.8, 4) is 0 Å². The van der Waals surface area contributed by atoms with Crippen molar-refractivity contribution in [2.24, 2.45) is 0 Å². The number of piperidine rings is 1. The molecular weight excluding hydrogens is 170 g/mol. The van der Waals surface area contributed by atoms with E-state index in [4.69, 9.17) is 0 Å². The number of hydrogen-bond donors (Lipinski definition) is 0. The highest BCUT2D eigenvalue weighted by atomic mass is 15.1. The molecule has 1 aliphatic rings. The summed E-state index contributed by atoms with van der Waals surface area (Å²) < 4.78 is 0. The number of rotatable bonds is 1. The van der Waals surface area contributed by atoms with E-state index in [0.717, 1.165) is 0 Å². The predicted molar refractivity (Wildman–Crippen MR) is 60.4 cm³/mol. The molecule has 76 valence electrons. The van der Waals surface area contributed by atoms with Crippen molar-refractivity contribution in [1.29, 1.82) is 0 Å². The third-order valence-electron chi connectivity index (χ3n) is 3.32. The Hall–Kier alpha value is -0.820. The third kappa shape index (κ3) is 1.83. The lowest BCUT2D eigenvalue weighted by molar-refractivity contribution is 0.187. The molecule has 0 spiro atoms. The van der Waals surface area contributed by atoms with E-state index >= 15 is 0 Å². The summed E-state index contributed by atoms with van der Waals surface area (Å²) in [6.07, 6.45) is 4.06. The van der Waals surface area contributed by atoms with Crippen molar-refractivity contribution in [2.75, 3.05) is 13.6 Å². The lowest BCUT2D eigenvalue weighted by atomic mass is 9.93. The Morgan fingerprint density at radius 3 is 2.71 bits per heavy atom. The fraction of sp³-hybridized carbons (Fsp3) is 0.538. The molecule has 1 aromatic rings. The van der Waals surface area contributed by atoms with E-state index in [1.807, 2.05) is 0 Å². The van der Waals surface area contributed by atoms with E-state index in [0.29, 0.717) is 6.04 Å². The Kier molecular flexibility index (Phi) is 2.87. The molecule has 0 unspecified atom stereocenters. The summed E-state index contributed by atoms with van der Waals surface area (Å²) in [5.41, 5.74) is 2.96. The van der Waals surface area contributed by atoms with Crippen LogP contribution in [-0.4, -0.2) is 18.5 Å². The van der Waals surface area contributed by atoms with E-state index < -0.39 is 0 Å². The second kappa shape index (κ2) is 4.14. The van der Waals surface area contributed by atoms with Gasteiger partial charge in [0.05, 0.1) is 0 Å². The number of nitrogens with zero attached hydrogens (tertiary/aromatic N) is 1. The van der Waals surface area contributed by atoms with Gasteiger partial charge in [0.2, 0.25) is 0 Å². The number of hydrogen-bond acceptors (Lipinski definition) is 1. The Morgan fingerprint density at radius 2 is 2.00 bits per heavy atom. The van der Waals surface area contributed by atoms with Gasteiger partial charge in [0, 0.05) is 6.04 Å². The normalized spacial score (nSPS) is 23.7. The molecule has 0 N–H and O–H groups in total. The molecule has 0 aliphatic carbocycles. The molecule has 0 amide bonds. The van der Waals surface area contributed by atoms with Crippen LogP contribution < -0.4 is 0 Å². The summed E-state index contributed by atoms with van der Waals surface area (Å²) in [5, 5.41) is 0. The average molecular weight is 189 g/mol. The summed E-state index contributed by atoms with van der Waals surface area (Å²) >= 11 is 0. The van der Waals surface area contributed by atoms with Gasteiger partial charge >= 0.3 is 0 Å². The van der Waals surface area contributed by atoms with Crippen molar-refractivity contribution in [3.63, 3.8) is 0 Å². The van der Waals surface area contributed by atoms with Gasteiger partial charge in [-0.1, -0.05) is 30.7 Å². The van der Waals surface area contributed by atoms with Crippen molar-refractivity contribution in [3.05, 3.63) is 35.4 Å². The van der Waals surface area contributed by atoms with E-state index in [-0.39, 0.29) is 0 Å². The molecule has 1 nitrogen and oxygen atoms in total. The van der Waals surface area contributed by atoms with Gasteiger partial charge in [0.15, 0.2) is 0 Å². The smallest absolute Gasteiger partial charge is 0.0347 e. The highest BCUT2D eigenvalue weighted by Gasteiger charge is 2.21. The summed E-state index contributed by atoms with van der Waals surface area (Å²) in [6, 6.07) is 9.44. The fourth-order valence-corrected chi connectivity index (χ4v) is 2.43. The molecule has 1 aliphatic heterocycles. The van der Waals surface area contributed by atoms with Crippen LogP contribution in [0, 0.1) is 6.92 Å². The molecular formula is C13H19N. The van der Waals surface area contributed by atoms with Gasteiger partial charge in [-0.05, 0) is 44.5 Å². The van der Waals surface area contributed by atoms with Crippen LogP contribution in [0.4, 0.5) is 0 Å². The molecule has 14 heavy (non-hydrogen) atoms. The van der Waals surface area contributed by atoms with Gasteiger partial charge in [-0.3, -0.25) is 4.90 Å². The topological polar surface area (TPSA) is 3.24 Å². The molecule has 0 bridgehead atoms. The minimum Gasteiger partial charge on any atom is -0.299 e. The summed E-state index contributed by atoms with van der Waals surface area (Å²) in [5.74, 6) is 0. The van der Waals surface area contributed by atoms with Crippen molar-refractivity contribution in [2.45, 2.75) is 32.2 Å². The average Bonchev–Trinajstić information content (AvgIpc) is 2.20. The second-order valence-corrected chi connectivity index (χ2v) is 4.35. The summed E-state index contributed by atoms with van der Waals surface area (Å²) in [4.78, 5) is 2.49. The largest absolute Gasteiger partial charge is 0.299 e. The number of aryl methyl sites for hydroxylation is 1. The molecule has 0 saturated carbocycles. The first-order valence-electron chi connectivity index (χ1n) is 5.55. The molecule has 0 radical (unpaired) electrons. The first kappa shape index (κ1) is 9.72. The zero-order chi connectivity index (χ0) is 9.97. The lowest BCUT2D eigenvalue weighted by Gasteiger charge is -2.33. The molecule has 1 heterocycles. The summed E-state index contributed by atoms with van der Waals surface area (Å²) in [7, 11) is 2.25. The van der Waals surface area contributed by atoms with Gasteiger partial charge in [-0.25, -0.2) is 0 Å². The second-order valence-electron chi connectivity index (χ2n) is 4.35. The van der Waals surface area contributed by atoms with Crippen LogP contribution >= 0.6 is 0 Å². The molecule has 1 fully saturated rings. The lowest BCUT2D eigenvalue weighted by Crippen LogP contribution is -2.29. The van der Waals surface area contributed by atoms with Crippen molar-refractivity contribution in [1.82, 2.24) is 4.90 Å². The maximum atomic E-state index is 2.49. The van der Waals surface area contributed by atoms with Gasteiger partial charge in [0.25, 0.3) is 0 Å². The first-order chi connectivity index (χ1) is 6.79. The molecule has 1 aromatic carbocycles. The summed E-state index contributed by atoms with van der Waals surface area (Å²) in [6.45, 7) is 3.47. The molecule has 1 saturated heterocycles. The van der Waals surface area contributed by atoms with Crippen LogP contribution in [0.15, 0.2) is 24.3 Å². The maximum Gasteiger partial charge on any atom is 0.0347 e. The minimum atomic E-state index is 0.657. The van der Waals surface area contributed by atoms with Crippen LogP contribution in [0.5, 0.6) is 0 Å². The van der Waals surface area contributed by atoms with E-state index in [9.17, 15) is 0 Å². The quantitative estimate of drug-likeness (QED) is 0.656. The number of benzene rings is 1. The van der Waals surface area contributed by atoms with E-state index in [1.54, 1.807) is 0 Å². The highest BCUT2D eigenvalue weighted by Crippen LogP contribution is 2.30.